The Morgan fingerprint density at radius 3 is 2.57 bits per heavy atom. The average Bonchev–Trinajstić information content (AvgIpc) is 3.03. The number of rotatable bonds is 5. The van der Waals surface area contributed by atoms with Gasteiger partial charge in [-0.25, -0.2) is 0 Å². The maximum absolute atomic E-state index is 6.21. The second kappa shape index (κ2) is 7.53. The highest BCUT2D eigenvalue weighted by Crippen LogP contribution is 2.30. The van der Waals surface area contributed by atoms with Gasteiger partial charge in [0.15, 0.2) is 5.65 Å². The number of methoxy groups -OCH3 is 1. The molecule has 0 unspecified atom stereocenters. The zero-order valence-corrected chi connectivity index (χ0v) is 16.6. The highest BCUT2D eigenvalue weighted by molar-refractivity contribution is 6.32. The van der Waals surface area contributed by atoms with Crippen LogP contribution in [0.25, 0.3) is 11.0 Å². The molecule has 0 spiro atoms. The average molecular weight is 415 g/mol. The Morgan fingerprint density at radius 2 is 1.82 bits per heavy atom. The molecule has 4 aromatic rings. The maximum atomic E-state index is 6.21. The van der Waals surface area contributed by atoms with E-state index in [0.717, 1.165) is 16.8 Å². The van der Waals surface area contributed by atoms with Gasteiger partial charge in [0.05, 0.1) is 23.7 Å². The van der Waals surface area contributed by atoms with Crippen LogP contribution in [0.3, 0.4) is 0 Å². The van der Waals surface area contributed by atoms with Gasteiger partial charge in [0.25, 0.3) is 0 Å². The van der Waals surface area contributed by atoms with Crippen LogP contribution in [0.2, 0.25) is 10.0 Å². The molecule has 2 aromatic carbocycles. The molecule has 0 amide bonds. The Morgan fingerprint density at radius 1 is 1.00 bits per heavy atom. The number of halogens is 2. The Kier molecular flexibility index (Phi) is 4.93. The van der Waals surface area contributed by atoms with E-state index >= 15 is 0 Å². The molecule has 2 heterocycles. The molecule has 2 aromatic heterocycles. The van der Waals surface area contributed by atoms with Crippen LogP contribution in [-0.2, 0) is 7.05 Å². The molecule has 7 nitrogen and oxygen atoms in total. The second-order valence-electron chi connectivity index (χ2n) is 6.01. The Balaban J connectivity index is 1.73. The van der Waals surface area contributed by atoms with Crippen LogP contribution in [0.1, 0.15) is 0 Å². The normalized spacial score (nSPS) is 10.9. The van der Waals surface area contributed by atoms with E-state index in [1.807, 2.05) is 37.4 Å². The predicted octanol–water partition coefficient (Wildman–Crippen LogP) is 5.17. The first kappa shape index (κ1) is 18.3. The number of hydrogen-bond acceptors (Lipinski definition) is 6. The standard InChI is InChI=1S/C19H16Cl2N6O/c1-27-18-14(10-22-27)17(23-12-5-3-4-11(20)8-12)25-19(26-18)24-13-6-7-16(28-2)15(21)9-13/h3-10H,1-2H3,(H2,23,24,25,26). The first-order valence-electron chi connectivity index (χ1n) is 8.36. The molecule has 0 aliphatic heterocycles. The van der Waals surface area contributed by atoms with Crippen LogP contribution < -0.4 is 15.4 Å². The number of fused-ring (bicyclic) bond motifs is 1. The van der Waals surface area contributed by atoms with Crippen molar-refractivity contribution in [2.45, 2.75) is 0 Å². The van der Waals surface area contributed by atoms with E-state index in [4.69, 9.17) is 27.9 Å². The SMILES string of the molecule is COc1ccc(Nc2nc(Nc3cccc(Cl)c3)c3cnn(C)c3n2)cc1Cl. The van der Waals surface area contributed by atoms with E-state index in [1.165, 1.54) is 0 Å². The van der Waals surface area contributed by atoms with Gasteiger partial charge < -0.3 is 15.4 Å². The lowest BCUT2D eigenvalue weighted by Crippen LogP contribution is -2.03. The summed E-state index contributed by atoms with van der Waals surface area (Å²) in [4.78, 5) is 9.16. The summed E-state index contributed by atoms with van der Waals surface area (Å²) in [5.74, 6) is 1.61. The molecule has 142 valence electrons. The van der Waals surface area contributed by atoms with E-state index in [0.29, 0.717) is 33.2 Å². The molecule has 0 saturated heterocycles. The number of nitrogens with one attached hydrogen (secondary N) is 2. The van der Waals surface area contributed by atoms with Gasteiger partial charge in [-0.2, -0.15) is 15.1 Å². The Hall–Kier alpha value is -3.03. The molecule has 9 heteroatoms. The first-order chi connectivity index (χ1) is 13.5. The van der Waals surface area contributed by atoms with Gasteiger partial charge in [-0.1, -0.05) is 29.3 Å². The van der Waals surface area contributed by atoms with Gasteiger partial charge in [0, 0.05) is 23.4 Å². The van der Waals surface area contributed by atoms with E-state index in [1.54, 1.807) is 30.1 Å². The van der Waals surface area contributed by atoms with E-state index in [2.05, 4.69) is 25.7 Å². The number of aromatic nitrogens is 4. The lowest BCUT2D eigenvalue weighted by molar-refractivity contribution is 0.415. The summed E-state index contributed by atoms with van der Waals surface area (Å²) in [5.41, 5.74) is 2.23. The van der Waals surface area contributed by atoms with Crippen LogP contribution in [0.4, 0.5) is 23.1 Å². The second-order valence-corrected chi connectivity index (χ2v) is 6.85. The van der Waals surface area contributed by atoms with Gasteiger partial charge in [0.1, 0.15) is 11.6 Å². The molecule has 0 bridgehead atoms. The van der Waals surface area contributed by atoms with Gasteiger partial charge in [-0.05, 0) is 36.4 Å². The fraction of sp³-hybridized carbons (Fsp3) is 0.105. The third-order valence-electron chi connectivity index (χ3n) is 4.09. The summed E-state index contributed by atoms with van der Waals surface area (Å²) < 4.78 is 6.87. The van der Waals surface area contributed by atoms with E-state index in [-0.39, 0.29) is 0 Å². The van der Waals surface area contributed by atoms with Gasteiger partial charge >= 0.3 is 0 Å². The smallest absolute Gasteiger partial charge is 0.231 e. The summed E-state index contributed by atoms with van der Waals surface area (Å²) in [6, 6.07) is 12.8. The summed E-state index contributed by atoms with van der Waals surface area (Å²) in [6.07, 6.45) is 1.72. The molecule has 0 saturated carbocycles. The molecule has 0 fully saturated rings. The first-order valence-corrected chi connectivity index (χ1v) is 9.12. The van der Waals surface area contributed by atoms with Gasteiger partial charge in [-0.3, -0.25) is 4.68 Å². The molecular weight excluding hydrogens is 399 g/mol. The lowest BCUT2D eigenvalue weighted by atomic mass is 10.3. The number of benzene rings is 2. The molecule has 0 atom stereocenters. The molecule has 0 radical (unpaired) electrons. The van der Waals surface area contributed by atoms with Crippen LogP contribution in [0.5, 0.6) is 5.75 Å². The van der Waals surface area contributed by atoms with Crippen molar-refractivity contribution in [2.24, 2.45) is 7.05 Å². The quantitative estimate of drug-likeness (QED) is 0.469. The topological polar surface area (TPSA) is 76.9 Å². The molecule has 0 aliphatic carbocycles. The van der Waals surface area contributed by atoms with Crippen molar-refractivity contribution in [2.75, 3.05) is 17.7 Å². The summed E-state index contributed by atoms with van der Waals surface area (Å²) >= 11 is 12.3. The number of hydrogen-bond donors (Lipinski definition) is 2. The number of nitrogens with zero attached hydrogens (tertiary/aromatic N) is 4. The van der Waals surface area contributed by atoms with Gasteiger partial charge in [0.2, 0.25) is 5.95 Å². The minimum Gasteiger partial charge on any atom is -0.495 e. The zero-order chi connectivity index (χ0) is 19.7. The molecule has 2 N–H and O–H groups in total. The highest BCUT2D eigenvalue weighted by atomic mass is 35.5. The number of aryl methyl sites for hydroxylation is 1. The maximum Gasteiger partial charge on any atom is 0.231 e. The van der Waals surface area contributed by atoms with Crippen molar-refractivity contribution in [3.05, 3.63) is 58.7 Å². The van der Waals surface area contributed by atoms with Crippen LogP contribution >= 0.6 is 23.2 Å². The van der Waals surface area contributed by atoms with Crippen molar-refractivity contribution in [1.29, 1.82) is 0 Å². The zero-order valence-electron chi connectivity index (χ0n) is 15.1. The van der Waals surface area contributed by atoms with Crippen molar-refractivity contribution in [3.8, 4) is 5.75 Å². The third kappa shape index (κ3) is 3.67. The Labute approximate surface area is 171 Å². The van der Waals surface area contributed by atoms with Crippen molar-refractivity contribution in [3.63, 3.8) is 0 Å². The molecular formula is C19H16Cl2N6O. The summed E-state index contributed by atoms with van der Waals surface area (Å²) in [7, 11) is 3.40. The van der Waals surface area contributed by atoms with Crippen molar-refractivity contribution < 1.29 is 4.74 Å². The molecule has 4 rings (SSSR count). The monoisotopic (exact) mass is 414 g/mol. The highest BCUT2D eigenvalue weighted by Gasteiger charge is 2.13. The van der Waals surface area contributed by atoms with Crippen molar-refractivity contribution >= 4 is 57.4 Å². The molecule has 28 heavy (non-hydrogen) atoms. The fourth-order valence-corrected chi connectivity index (χ4v) is 3.20. The van der Waals surface area contributed by atoms with Crippen LogP contribution in [0.15, 0.2) is 48.7 Å². The van der Waals surface area contributed by atoms with Crippen LogP contribution in [0, 0.1) is 0 Å². The fourth-order valence-electron chi connectivity index (χ4n) is 2.75. The minimum absolute atomic E-state index is 0.405. The Bertz CT molecular complexity index is 1160. The third-order valence-corrected chi connectivity index (χ3v) is 4.62. The van der Waals surface area contributed by atoms with Crippen molar-refractivity contribution in [1.82, 2.24) is 19.7 Å². The predicted molar refractivity (Wildman–Crippen MR) is 112 cm³/mol. The molecule has 0 aliphatic rings. The van der Waals surface area contributed by atoms with E-state index < -0.39 is 0 Å². The number of ether oxygens (including phenoxy) is 1. The van der Waals surface area contributed by atoms with Gasteiger partial charge in [-0.15, -0.1) is 0 Å². The van der Waals surface area contributed by atoms with Crippen LogP contribution in [-0.4, -0.2) is 26.9 Å². The number of anilines is 4. The minimum atomic E-state index is 0.405. The summed E-state index contributed by atoms with van der Waals surface area (Å²) in [6.45, 7) is 0. The lowest BCUT2D eigenvalue weighted by Gasteiger charge is -2.11. The largest absolute Gasteiger partial charge is 0.495 e. The summed E-state index contributed by atoms with van der Waals surface area (Å²) in [5, 5.41) is 12.7. The van der Waals surface area contributed by atoms with E-state index in [9.17, 15) is 0 Å².